The molecule has 32 heavy (non-hydrogen) atoms. The number of pyridine rings is 2. The van der Waals surface area contributed by atoms with Gasteiger partial charge in [0.1, 0.15) is 29.1 Å². The Morgan fingerprint density at radius 1 is 1.16 bits per heavy atom. The summed E-state index contributed by atoms with van der Waals surface area (Å²) in [7, 11) is 1.73. The molecule has 0 radical (unpaired) electrons. The van der Waals surface area contributed by atoms with Crippen LogP contribution in [0.1, 0.15) is 45.4 Å². The van der Waals surface area contributed by atoms with Crippen molar-refractivity contribution in [1.29, 1.82) is 5.26 Å². The molecule has 1 saturated heterocycles. The van der Waals surface area contributed by atoms with Gasteiger partial charge in [0.2, 0.25) is 0 Å². The Morgan fingerprint density at radius 2 is 1.88 bits per heavy atom. The van der Waals surface area contributed by atoms with Crippen LogP contribution in [0.15, 0.2) is 47.3 Å². The molecule has 0 saturated carbocycles. The van der Waals surface area contributed by atoms with Crippen molar-refractivity contribution in [3.05, 3.63) is 64.1 Å². The van der Waals surface area contributed by atoms with Gasteiger partial charge in [-0.3, -0.25) is 4.79 Å². The molecule has 6 nitrogen and oxygen atoms in total. The van der Waals surface area contributed by atoms with Crippen LogP contribution in [-0.4, -0.2) is 28.7 Å². The Bertz CT molecular complexity index is 1230. The third kappa shape index (κ3) is 4.20. The van der Waals surface area contributed by atoms with Crippen molar-refractivity contribution >= 4 is 16.7 Å². The average molecular weight is 431 g/mol. The highest BCUT2D eigenvalue weighted by atomic mass is 16.5. The van der Waals surface area contributed by atoms with Crippen LogP contribution in [0.3, 0.4) is 0 Å². The minimum atomic E-state index is -0.0797. The number of aromatic nitrogens is 2. The van der Waals surface area contributed by atoms with Crippen LogP contribution in [0.25, 0.3) is 11.0 Å². The molecule has 1 aliphatic rings. The Hall–Kier alpha value is -3.33. The molecule has 0 spiro atoms. The number of anilines is 1. The lowest BCUT2D eigenvalue weighted by Crippen LogP contribution is -2.45. The minimum Gasteiger partial charge on any atom is -0.490 e. The topological polar surface area (TPSA) is 71.2 Å². The molecular formula is C26H30N4O2. The number of nitrogens with zero attached hydrogens (tertiary/aromatic N) is 4. The van der Waals surface area contributed by atoms with E-state index in [1.165, 1.54) is 5.56 Å². The fourth-order valence-corrected chi connectivity index (χ4v) is 4.34. The van der Waals surface area contributed by atoms with Gasteiger partial charge in [-0.15, -0.1) is 0 Å². The van der Waals surface area contributed by atoms with E-state index in [-0.39, 0.29) is 23.0 Å². The van der Waals surface area contributed by atoms with E-state index in [1.807, 2.05) is 0 Å². The fraction of sp³-hybridized carbons (Fsp3) is 0.423. The summed E-state index contributed by atoms with van der Waals surface area (Å²) >= 11 is 0. The molecule has 0 N–H and O–H groups in total. The predicted molar refractivity (Wildman–Crippen MR) is 127 cm³/mol. The second-order valence-electron chi connectivity index (χ2n) is 9.75. The van der Waals surface area contributed by atoms with Gasteiger partial charge >= 0.3 is 0 Å². The van der Waals surface area contributed by atoms with E-state index in [9.17, 15) is 10.1 Å². The zero-order valence-electron chi connectivity index (χ0n) is 19.4. The molecule has 3 heterocycles. The van der Waals surface area contributed by atoms with E-state index in [4.69, 9.17) is 4.74 Å². The number of fused-ring (bicyclic) bond motifs is 1. The van der Waals surface area contributed by atoms with Crippen molar-refractivity contribution in [3.8, 4) is 11.8 Å². The number of aryl methyl sites for hydroxylation is 1. The highest BCUT2D eigenvalue weighted by molar-refractivity contribution is 5.88. The molecule has 4 rings (SSSR count). The number of benzene rings is 1. The molecule has 1 aliphatic heterocycles. The van der Waals surface area contributed by atoms with Crippen molar-refractivity contribution < 1.29 is 4.74 Å². The van der Waals surface area contributed by atoms with E-state index < -0.39 is 0 Å². The summed E-state index contributed by atoms with van der Waals surface area (Å²) in [5, 5.41) is 9.29. The molecule has 2 unspecified atom stereocenters. The molecule has 0 bridgehead atoms. The van der Waals surface area contributed by atoms with Gasteiger partial charge in [0.05, 0.1) is 11.2 Å². The summed E-state index contributed by atoms with van der Waals surface area (Å²) in [6, 6.07) is 15.6. The van der Waals surface area contributed by atoms with Crippen molar-refractivity contribution in [1.82, 2.24) is 9.55 Å². The molecule has 166 valence electrons. The van der Waals surface area contributed by atoms with Crippen molar-refractivity contribution in [2.75, 3.05) is 18.0 Å². The lowest BCUT2D eigenvalue weighted by atomic mass is 9.87. The number of hydrogen-bond acceptors (Lipinski definition) is 5. The largest absolute Gasteiger partial charge is 0.490 e. The molecule has 0 aliphatic carbocycles. The maximum atomic E-state index is 12.6. The van der Waals surface area contributed by atoms with Gasteiger partial charge in [-0.2, -0.15) is 5.26 Å². The third-order valence-corrected chi connectivity index (χ3v) is 6.36. The summed E-state index contributed by atoms with van der Waals surface area (Å²) < 4.78 is 7.91. The summed E-state index contributed by atoms with van der Waals surface area (Å²) in [5.41, 5.74) is 3.89. The van der Waals surface area contributed by atoms with Gasteiger partial charge in [0.15, 0.2) is 0 Å². The molecule has 0 amide bonds. The maximum Gasteiger partial charge on any atom is 0.252 e. The van der Waals surface area contributed by atoms with Crippen LogP contribution >= 0.6 is 0 Å². The third-order valence-electron chi connectivity index (χ3n) is 6.36. The highest BCUT2D eigenvalue weighted by Gasteiger charge is 2.29. The Kier molecular flexibility index (Phi) is 5.68. The summed E-state index contributed by atoms with van der Waals surface area (Å²) in [6.07, 6.45) is 0.948. The van der Waals surface area contributed by atoms with Gasteiger partial charge in [-0.05, 0) is 35.2 Å². The van der Waals surface area contributed by atoms with Crippen LogP contribution in [0.2, 0.25) is 0 Å². The van der Waals surface area contributed by atoms with E-state index in [1.54, 1.807) is 29.8 Å². The molecule has 2 atom stereocenters. The van der Waals surface area contributed by atoms with E-state index >= 15 is 0 Å². The predicted octanol–water partition coefficient (Wildman–Crippen LogP) is 4.40. The van der Waals surface area contributed by atoms with Crippen LogP contribution in [0, 0.1) is 17.2 Å². The number of nitriles is 1. The molecule has 2 aromatic heterocycles. The molecule has 1 fully saturated rings. The van der Waals surface area contributed by atoms with Crippen molar-refractivity contribution in [3.63, 3.8) is 0 Å². The Labute approximate surface area is 189 Å². The number of rotatable bonds is 3. The van der Waals surface area contributed by atoms with Crippen LogP contribution in [-0.2, 0) is 12.5 Å². The van der Waals surface area contributed by atoms with Gasteiger partial charge < -0.3 is 14.2 Å². The lowest BCUT2D eigenvalue weighted by molar-refractivity contribution is 0.121. The van der Waals surface area contributed by atoms with Gasteiger partial charge in [0.25, 0.3) is 5.56 Å². The first kappa shape index (κ1) is 21.9. The lowest BCUT2D eigenvalue weighted by Gasteiger charge is -2.38. The first-order valence-electron chi connectivity index (χ1n) is 11.1. The fourth-order valence-electron chi connectivity index (χ4n) is 4.34. The summed E-state index contributed by atoms with van der Waals surface area (Å²) in [4.78, 5) is 19.3. The number of ether oxygens (including phenoxy) is 1. The summed E-state index contributed by atoms with van der Waals surface area (Å²) in [5.74, 6) is 1.16. The second kappa shape index (κ2) is 8.31. The van der Waals surface area contributed by atoms with E-state index in [0.717, 1.165) is 36.5 Å². The quantitative estimate of drug-likeness (QED) is 0.616. The minimum absolute atomic E-state index is 0.0797. The molecule has 3 aromatic rings. The van der Waals surface area contributed by atoms with Crippen LogP contribution < -0.4 is 15.2 Å². The molecular weight excluding hydrogens is 400 g/mol. The molecule has 1 aromatic carbocycles. The highest BCUT2D eigenvalue weighted by Crippen LogP contribution is 2.31. The molecule has 6 heteroatoms. The SMILES string of the molecule is CC1CN(c2cc(=O)n(C)c3ccc(C#N)nc23)CCC1Oc1ccc(C(C)(C)C)cc1. The zero-order valence-corrected chi connectivity index (χ0v) is 19.4. The van der Waals surface area contributed by atoms with Crippen LogP contribution in [0.5, 0.6) is 5.75 Å². The van der Waals surface area contributed by atoms with Gasteiger partial charge in [-0.25, -0.2) is 4.98 Å². The van der Waals surface area contributed by atoms with Crippen molar-refractivity contribution in [2.45, 2.75) is 45.6 Å². The second-order valence-corrected chi connectivity index (χ2v) is 9.75. The van der Waals surface area contributed by atoms with E-state index in [2.05, 4.69) is 67.9 Å². The number of hydrogen-bond donors (Lipinski definition) is 0. The number of piperidine rings is 1. The van der Waals surface area contributed by atoms with Crippen molar-refractivity contribution in [2.24, 2.45) is 13.0 Å². The monoisotopic (exact) mass is 430 g/mol. The Balaban J connectivity index is 1.55. The van der Waals surface area contributed by atoms with Gasteiger partial charge in [-0.1, -0.05) is 39.8 Å². The van der Waals surface area contributed by atoms with Crippen LogP contribution in [0.4, 0.5) is 5.69 Å². The zero-order chi connectivity index (χ0) is 23.0. The smallest absolute Gasteiger partial charge is 0.252 e. The normalized spacial score (nSPS) is 19.1. The first-order chi connectivity index (χ1) is 15.2. The Morgan fingerprint density at radius 3 is 2.50 bits per heavy atom. The standard InChI is InChI=1S/C26H30N4O2/c1-17-16-30(13-12-23(17)32-20-9-6-18(7-10-20)26(2,3)4)22-14-24(31)29(5)21-11-8-19(15-27)28-25(21)22/h6-11,14,17,23H,12-13,16H2,1-5H3. The summed E-state index contributed by atoms with van der Waals surface area (Å²) in [6.45, 7) is 10.3. The average Bonchev–Trinajstić information content (AvgIpc) is 2.77. The van der Waals surface area contributed by atoms with E-state index in [0.29, 0.717) is 11.2 Å². The maximum absolute atomic E-state index is 12.6. The first-order valence-corrected chi connectivity index (χ1v) is 11.1. The van der Waals surface area contributed by atoms with Gasteiger partial charge in [0, 0.05) is 38.5 Å².